The smallest absolute Gasteiger partial charge is 0.00430 e. The Morgan fingerprint density at radius 1 is 1.06 bits per heavy atom. The molecule has 0 radical (unpaired) electrons. The lowest BCUT2D eigenvalue weighted by molar-refractivity contribution is 0.139. The molecule has 0 heterocycles. The van der Waals surface area contributed by atoms with Crippen LogP contribution in [0.15, 0.2) is 0 Å². The lowest BCUT2D eigenvalue weighted by atomic mass is 9.81. The maximum atomic E-state index is 4.66. The van der Waals surface area contributed by atoms with E-state index in [9.17, 15) is 0 Å². The molecule has 0 aromatic rings. The van der Waals surface area contributed by atoms with Crippen molar-refractivity contribution in [3.8, 4) is 0 Å². The van der Waals surface area contributed by atoms with Gasteiger partial charge in [0.1, 0.15) is 0 Å². The zero-order valence-corrected chi connectivity index (χ0v) is 13.2. The van der Waals surface area contributed by atoms with E-state index in [0.29, 0.717) is 10.8 Å². The highest BCUT2D eigenvalue weighted by Crippen LogP contribution is 2.37. The molecule has 1 fully saturated rings. The molecule has 0 bridgehead atoms. The normalized spacial score (nSPS) is 21.5. The Balaban J connectivity index is 2.54. The third kappa shape index (κ3) is 5.65. The summed E-state index contributed by atoms with van der Waals surface area (Å²) < 4.78 is 0. The molecule has 0 aromatic carbocycles. The van der Waals surface area contributed by atoms with Gasteiger partial charge in [0.25, 0.3) is 0 Å². The van der Waals surface area contributed by atoms with Crippen LogP contribution in [0.2, 0.25) is 0 Å². The van der Waals surface area contributed by atoms with Gasteiger partial charge in [-0.15, -0.1) is 0 Å². The molecule has 0 spiro atoms. The minimum atomic E-state index is 0.400. The molecule has 0 N–H and O–H groups in total. The van der Waals surface area contributed by atoms with Gasteiger partial charge in [-0.2, -0.15) is 12.6 Å². The first kappa shape index (κ1) is 15.4. The van der Waals surface area contributed by atoms with Crippen LogP contribution < -0.4 is 0 Å². The van der Waals surface area contributed by atoms with Crippen LogP contribution in [0.25, 0.3) is 0 Å². The molecule has 0 amide bonds. The van der Waals surface area contributed by atoms with Crippen LogP contribution >= 0.6 is 12.6 Å². The molecule has 0 unspecified atom stereocenters. The number of hydrogen-bond donors (Lipinski definition) is 1. The number of hydrogen-bond acceptors (Lipinski definition) is 2. The molecule has 17 heavy (non-hydrogen) atoms. The van der Waals surface area contributed by atoms with Gasteiger partial charge < -0.3 is 4.90 Å². The van der Waals surface area contributed by atoms with E-state index in [1.54, 1.807) is 0 Å². The molecule has 2 heteroatoms. The second-order valence-electron chi connectivity index (χ2n) is 7.31. The Labute approximate surface area is 114 Å². The average Bonchev–Trinajstić information content (AvgIpc) is 2.41. The van der Waals surface area contributed by atoms with Crippen LogP contribution in [-0.4, -0.2) is 30.8 Å². The number of rotatable bonds is 4. The Morgan fingerprint density at radius 2 is 1.59 bits per heavy atom. The summed E-state index contributed by atoms with van der Waals surface area (Å²) in [6.45, 7) is 9.38. The van der Waals surface area contributed by atoms with Crippen LogP contribution in [0.5, 0.6) is 0 Å². The lowest BCUT2D eigenvalue weighted by Crippen LogP contribution is -2.40. The predicted octanol–water partition coefficient (Wildman–Crippen LogP) is 4.23. The topological polar surface area (TPSA) is 3.24 Å². The average molecular weight is 257 g/mol. The minimum Gasteiger partial charge on any atom is -0.305 e. The molecule has 0 aliphatic heterocycles. The second kappa shape index (κ2) is 6.47. The molecule has 0 saturated heterocycles. The fourth-order valence-corrected chi connectivity index (χ4v) is 3.70. The van der Waals surface area contributed by atoms with Crippen LogP contribution in [0, 0.1) is 10.8 Å². The molecule has 0 aromatic heterocycles. The first-order chi connectivity index (χ1) is 7.87. The second-order valence-corrected chi connectivity index (χ2v) is 7.62. The van der Waals surface area contributed by atoms with Gasteiger partial charge in [0.2, 0.25) is 0 Å². The van der Waals surface area contributed by atoms with E-state index in [-0.39, 0.29) is 0 Å². The predicted molar refractivity (Wildman–Crippen MR) is 80.9 cm³/mol. The third-order valence-electron chi connectivity index (χ3n) is 3.85. The maximum absolute atomic E-state index is 4.66. The quantitative estimate of drug-likeness (QED) is 0.582. The summed E-state index contributed by atoms with van der Waals surface area (Å²) in [6.07, 6.45) is 8.43. The van der Waals surface area contributed by atoms with Crippen molar-refractivity contribution in [2.45, 2.75) is 59.3 Å². The van der Waals surface area contributed by atoms with Crippen molar-refractivity contribution in [3.05, 3.63) is 0 Å². The number of nitrogens with zero attached hydrogens (tertiary/aromatic N) is 1. The molecule has 102 valence electrons. The molecular weight excluding hydrogens is 226 g/mol. The van der Waals surface area contributed by atoms with Crippen LogP contribution in [0.3, 0.4) is 0 Å². The van der Waals surface area contributed by atoms with Crippen molar-refractivity contribution in [2.75, 3.05) is 25.9 Å². The van der Waals surface area contributed by atoms with E-state index in [1.807, 2.05) is 0 Å². The molecule has 1 saturated carbocycles. The van der Waals surface area contributed by atoms with Gasteiger partial charge in [-0.05, 0) is 36.5 Å². The minimum absolute atomic E-state index is 0.400. The highest BCUT2D eigenvalue weighted by atomic mass is 32.1. The van der Waals surface area contributed by atoms with Crippen molar-refractivity contribution in [3.63, 3.8) is 0 Å². The maximum Gasteiger partial charge on any atom is 0.00430 e. The highest BCUT2D eigenvalue weighted by Gasteiger charge is 2.31. The highest BCUT2D eigenvalue weighted by molar-refractivity contribution is 7.80. The van der Waals surface area contributed by atoms with Gasteiger partial charge in [-0.25, -0.2) is 0 Å². The van der Waals surface area contributed by atoms with Crippen LogP contribution in [0.4, 0.5) is 0 Å². The molecule has 1 rings (SSSR count). The SMILES string of the molecule is CN(CC(C)(C)C)CC1(CS)CCCCCC1. The van der Waals surface area contributed by atoms with Gasteiger partial charge in [-0.1, -0.05) is 46.5 Å². The van der Waals surface area contributed by atoms with Crippen molar-refractivity contribution < 1.29 is 0 Å². The molecule has 0 atom stereocenters. The van der Waals surface area contributed by atoms with E-state index >= 15 is 0 Å². The summed E-state index contributed by atoms with van der Waals surface area (Å²) in [5, 5.41) is 0. The molecule has 1 aliphatic carbocycles. The summed E-state index contributed by atoms with van der Waals surface area (Å²) >= 11 is 4.66. The Morgan fingerprint density at radius 3 is 2.00 bits per heavy atom. The van der Waals surface area contributed by atoms with E-state index in [0.717, 1.165) is 5.75 Å². The molecule has 1 aliphatic rings. The lowest BCUT2D eigenvalue weighted by Gasteiger charge is -2.37. The third-order valence-corrected chi connectivity index (χ3v) is 4.52. The van der Waals surface area contributed by atoms with E-state index in [2.05, 4.69) is 45.3 Å². The summed E-state index contributed by atoms with van der Waals surface area (Å²) in [6, 6.07) is 0. The Kier molecular flexibility index (Phi) is 5.85. The molecular formula is C15H31NS. The fraction of sp³-hybridized carbons (Fsp3) is 1.00. The first-order valence-corrected chi connectivity index (χ1v) is 7.80. The standard InChI is InChI=1S/C15H31NS/c1-14(2,3)11-16(4)12-15(13-17)9-7-5-6-8-10-15/h17H,5-13H2,1-4H3. The van der Waals surface area contributed by atoms with Gasteiger partial charge >= 0.3 is 0 Å². The Hall–Kier alpha value is 0.310. The van der Waals surface area contributed by atoms with Crippen molar-refractivity contribution >= 4 is 12.6 Å². The van der Waals surface area contributed by atoms with Crippen molar-refractivity contribution in [1.82, 2.24) is 4.90 Å². The van der Waals surface area contributed by atoms with Crippen molar-refractivity contribution in [1.29, 1.82) is 0 Å². The van der Waals surface area contributed by atoms with E-state index in [4.69, 9.17) is 0 Å². The summed E-state index contributed by atoms with van der Waals surface area (Å²) in [5.41, 5.74) is 0.886. The van der Waals surface area contributed by atoms with Crippen LogP contribution in [-0.2, 0) is 0 Å². The Bertz CT molecular complexity index is 211. The van der Waals surface area contributed by atoms with Gasteiger partial charge in [-0.3, -0.25) is 0 Å². The van der Waals surface area contributed by atoms with Gasteiger partial charge in [0.05, 0.1) is 0 Å². The largest absolute Gasteiger partial charge is 0.305 e. The molecule has 1 nitrogen and oxygen atoms in total. The zero-order chi connectivity index (χ0) is 12.9. The van der Waals surface area contributed by atoms with Crippen molar-refractivity contribution in [2.24, 2.45) is 10.8 Å². The summed E-state index contributed by atoms with van der Waals surface area (Å²) in [4.78, 5) is 2.53. The van der Waals surface area contributed by atoms with E-state index < -0.39 is 0 Å². The van der Waals surface area contributed by atoms with Gasteiger partial charge in [0, 0.05) is 13.1 Å². The fourth-order valence-electron chi connectivity index (χ4n) is 3.28. The van der Waals surface area contributed by atoms with Crippen LogP contribution in [0.1, 0.15) is 59.3 Å². The summed E-state index contributed by atoms with van der Waals surface area (Å²) in [7, 11) is 2.28. The first-order valence-electron chi connectivity index (χ1n) is 7.16. The monoisotopic (exact) mass is 257 g/mol. The van der Waals surface area contributed by atoms with Gasteiger partial charge in [0.15, 0.2) is 0 Å². The summed E-state index contributed by atoms with van der Waals surface area (Å²) in [5.74, 6) is 1.06. The van der Waals surface area contributed by atoms with E-state index in [1.165, 1.54) is 51.6 Å². The zero-order valence-electron chi connectivity index (χ0n) is 12.3. The number of thiol groups is 1.